The van der Waals surface area contributed by atoms with E-state index in [1.807, 2.05) is 18.2 Å². The maximum atomic E-state index is 13.7. The Hall–Kier alpha value is -2.08. The van der Waals surface area contributed by atoms with E-state index in [0.717, 1.165) is 15.7 Å². The lowest BCUT2D eigenvalue weighted by molar-refractivity contribution is -0.116. The number of hydrogen-bond donors (Lipinski definition) is 2. The topological polar surface area (TPSA) is 50.4 Å². The molecule has 0 radical (unpaired) electrons. The highest BCUT2D eigenvalue weighted by atomic mass is 79.9. The zero-order valence-corrected chi connectivity index (χ0v) is 12.7. The molecule has 2 aromatic rings. The van der Waals surface area contributed by atoms with Crippen LogP contribution in [-0.2, 0) is 4.79 Å². The van der Waals surface area contributed by atoms with E-state index in [4.69, 9.17) is 4.74 Å². The van der Waals surface area contributed by atoms with Gasteiger partial charge in [-0.05, 0) is 30.3 Å². The van der Waals surface area contributed by atoms with Gasteiger partial charge < -0.3 is 15.4 Å². The number of benzene rings is 2. The summed E-state index contributed by atoms with van der Waals surface area (Å²) in [7, 11) is 1.41. The van der Waals surface area contributed by atoms with E-state index in [2.05, 4.69) is 26.6 Å². The minimum atomic E-state index is -0.551. The van der Waals surface area contributed by atoms with Crippen molar-refractivity contribution in [3.8, 4) is 5.75 Å². The maximum absolute atomic E-state index is 13.7. The van der Waals surface area contributed by atoms with Gasteiger partial charge in [-0.1, -0.05) is 15.9 Å². The van der Waals surface area contributed by atoms with Crippen LogP contribution in [-0.4, -0.2) is 13.0 Å². The van der Waals surface area contributed by atoms with Crippen molar-refractivity contribution in [1.82, 2.24) is 0 Å². The van der Waals surface area contributed by atoms with Gasteiger partial charge in [-0.25, -0.2) is 4.39 Å². The van der Waals surface area contributed by atoms with E-state index >= 15 is 0 Å². The summed E-state index contributed by atoms with van der Waals surface area (Å²) in [4.78, 5) is 12.0. The van der Waals surface area contributed by atoms with Gasteiger partial charge in [-0.3, -0.25) is 4.79 Å². The lowest BCUT2D eigenvalue weighted by Crippen LogP contribution is -2.19. The average molecular weight is 351 g/mol. The van der Waals surface area contributed by atoms with Gasteiger partial charge in [-0.15, -0.1) is 0 Å². The molecule has 108 valence electrons. The Bertz CT molecular complexity index is 721. The fraction of sp³-hybridized carbons (Fsp3) is 0.133. The zero-order chi connectivity index (χ0) is 15.0. The molecule has 1 heterocycles. The first-order chi connectivity index (χ1) is 10.1. The van der Waals surface area contributed by atoms with Crippen molar-refractivity contribution in [2.45, 2.75) is 6.04 Å². The first-order valence-electron chi connectivity index (χ1n) is 6.29. The molecule has 1 unspecified atom stereocenters. The van der Waals surface area contributed by atoms with Gasteiger partial charge in [-0.2, -0.15) is 0 Å². The Morgan fingerprint density at radius 3 is 2.81 bits per heavy atom. The van der Waals surface area contributed by atoms with Crippen molar-refractivity contribution >= 4 is 33.2 Å². The van der Waals surface area contributed by atoms with Crippen LogP contribution in [0.5, 0.6) is 5.75 Å². The molecule has 21 heavy (non-hydrogen) atoms. The highest BCUT2D eigenvalue weighted by Crippen LogP contribution is 2.35. The Labute approximate surface area is 129 Å². The van der Waals surface area contributed by atoms with Crippen LogP contribution in [0.25, 0.3) is 0 Å². The smallest absolute Gasteiger partial charge is 0.251 e. The molecule has 0 fully saturated rings. The number of anilines is 2. The maximum Gasteiger partial charge on any atom is 0.251 e. The lowest BCUT2D eigenvalue weighted by Gasteiger charge is -2.14. The molecule has 2 aromatic carbocycles. The first kappa shape index (κ1) is 13.9. The van der Waals surface area contributed by atoms with Crippen molar-refractivity contribution in [3.63, 3.8) is 0 Å². The SMILES string of the molecule is COc1ccc(NC2C(=O)Nc3ccc(Br)cc32)cc1F. The molecule has 1 aliphatic rings. The van der Waals surface area contributed by atoms with Gasteiger partial charge in [0.1, 0.15) is 6.04 Å². The van der Waals surface area contributed by atoms with Crippen molar-refractivity contribution < 1.29 is 13.9 Å². The highest BCUT2D eigenvalue weighted by Gasteiger charge is 2.30. The Morgan fingerprint density at radius 1 is 1.29 bits per heavy atom. The minimum Gasteiger partial charge on any atom is -0.494 e. The van der Waals surface area contributed by atoms with Crippen LogP contribution in [0.2, 0.25) is 0 Å². The molecular formula is C15H12BrFN2O2. The third-order valence-electron chi connectivity index (χ3n) is 3.31. The quantitative estimate of drug-likeness (QED) is 0.887. The third kappa shape index (κ3) is 2.58. The van der Waals surface area contributed by atoms with E-state index in [1.54, 1.807) is 6.07 Å². The molecule has 4 nitrogen and oxygen atoms in total. The fourth-order valence-electron chi connectivity index (χ4n) is 2.30. The summed E-state index contributed by atoms with van der Waals surface area (Å²) < 4.78 is 19.5. The van der Waals surface area contributed by atoms with E-state index in [-0.39, 0.29) is 11.7 Å². The second-order valence-corrected chi connectivity index (χ2v) is 5.56. The monoisotopic (exact) mass is 350 g/mol. The van der Waals surface area contributed by atoms with Gasteiger partial charge in [0.2, 0.25) is 0 Å². The standard InChI is InChI=1S/C15H12BrFN2O2/c1-21-13-5-3-9(7-11(13)17)18-14-10-6-8(16)2-4-12(10)19-15(14)20/h2-7,14,18H,1H3,(H,19,20). The lowest BCUT2D eigenvalue weighted by atomic mass is 10.1. The molecule has 0 aliphatic carbocycles. The summed E-state index contributed by atoms with van der Waals surface area (Å²) in [5.41, 5.74) is 2.10. The number of amides is 1. The van der Waals surface area contributed by atoms with Crippen molar-refractivity contribution in [2.75, 3.05) is 17.7 Å². The summed E-state index contributed by atoms with van der Waals surface area (Å²) in [6, 6.07) is 9.50. The molecule has 1 aliphatic heterocycles. The van der Waals surface area contributed by atoms with Crippen molar-refractivity contribution in [2.24, 2.45) is 0 Å². The van der Waals surface area contributed by atoms with Gasteiger partial charge in [0.05, 0.1) is 7.11 Å². The molecule has 1 amide bonds. The van der Waals surface area contributed by atoms with E-state index in [1.165, 1.54) is 19.2 Å². The van der Waals surface area contributed by atoms with E-state index in [0.29, 0.717) is 5.69 Å². The molecule has 3 rings (SSSR count). The number of methoxy groups -OCH3 is 1. The zero-order valence-electron chi connectivity index (χ0n) is 11.1. The molecule has 0 spiro atoms. The van der Waals surface area contributed by atoms with Crippen LogP contribution >= 0.6 is 15.9 Å². The second-order valence-electron chi connectivity index (χ2n) is 4.65. The van der Waals surface area contributed by atoms with Gasteiger partial charge >= 0.3 is 0 Å². The molecule has 6 heteroatoms. The normalized spacial score (nSPS) is 16.3. The second kappa shape index (κ2) is 5.37. The number of nitrogens with one attached hydrogen (secondary N) is 2. The summed E-state index contributed by atoms with van der Waals surface area (Å²) >= 11 is 3.38. The fourth-order valence-corrected chi connectivity index (χ4v) is 2.68. The predicted molar refractivity (Wildman–Crippen MR) is 82.1 cm³/mol. The molecule has 1 atom stereocenters. The van der Waals surface area contributed by atoms with Crippen LogP contribution in [0, 0.1) is 5.82 Å². The molecule has 0 saturated carbocycles. The van der Waals surface area contributed by atoms with Crippen LogP contribution in [0.4, 0.5) is 15.8 Å². The van der Waals surface area contributed by atoms with E-state index in [9.17, 15) is 9.18 Å². The summed E-state index contributed by atoms with van der Waals surface area (Å²) in [6.45, 7) is 0. The average Bonchev–Trinajstić information content (AvgIpc) is 2.75. The largest absolute Gasteiger partial charge is 0.494 e. The third-order valence-corrected chi connectivity index (χ3v) is 3.80. The molecule has 0 saturated heterocycles. The molecular weight excluding hydrogens is 339 g/mol. The predicted octanol–water partition coefficient (Wildman–Crippen LogP) is 3.70. The highest BCUT2D eigenvalue weighted by molar-refractivity contribution is 9.10. The Kier molecular flexibility index (Phi) is 3.55. The van der Waals surface area contributed by atoms with Gasteiger partial charge in [0, 0.05) is 27.5 Å². The number of fused-ring (bicyclic) bond motifs is 1. The number of ether oxygens (including phenoxy) is 1. The number of carbonyl (C=O) groups excluding carboxylic acids is 1. The summed E-state index contributed by atoms with van der Waals surface area (Å²) in [5.74, 6) is -0.478. The Morgan fingerprint density at radius 2 is 2.10 bits per heavy atom. The van der Waals surface area contributed by atoms with Crippen LogP contribution in [0.1, 0.15) is 11.6 Å². The van der Waals surface area contributed by atoms with Crippen molar-refractivity contribution in [1.29, 1.82) is 0 Å². The number of rotatable bonds is 3. The number of carbonyl (C=O) groups is 1. The summed E-state index contributed by atoms with van der Waals surface area (Å²) in [6.07, 6.45) is 0. The van der Waals surface area contributed by atoms with Crippen molar-refractivity contribution in [3.05, 3.63) is 52.3 Å². The van der Waals surface area contributed by atoms with Crippen LogP contribution in [0.15, 0.2) is 40.9 Å². The first-order valence-corrected chi connectivity index (χ1v) is 7.08. The molecule has 0 aromatic heterocycles. The minimum absolute atomic E-state index is 0.166. The number of hydrogen-bond acceptors (Lipinski definition) is 3. The Balaban J connectivity index is 1.90. The van der Waals surface area contributed by atoms with Crippen LogP contribution < -0.4 is 15.4 Å². The van der Waals surface area contributed by atoms with E-state index < -0.39 is 11.9 Å². The van der Waals surface area contributed by atoms with Crippen LogP contribution in [0.3, 0.4) is 0 Å². The molecule has 2 N–H and O–H groups in total. The number of halogens is 2. The summed E-state index contributed by atoms with van der Waals surface area (Å²) in [5, 5.41) is 5.83. The van der Waals surface area contributed by atoms with Gasteiger partial charge in [0.25, 0.3) is 5.91 Å². The van der Waals surface area contributed by atoms with Gasteiger partial charge in [0.15, 0.2) is 11.6 Å². The molecule has 0 bridgehead atoms.